The van der Waals surface area contributed by atoms with Crippen LogP contribution < -0.4 is 9.47 Å². The van der Waals surface area contributed by atoms with Crippen LogP contribution in [0.15, 0.2) is 66.7 Å². The van der Waals surface area contributed by atoms with Gasteiger partial charge in [0.1, 0.15) is 17.3 Å². The Kier molecular flexibility index (Phi) is 8.38. The highest BCUT2D eigenvalue weighted by atomic mass is 32.2. The van der Waals surface area contributed by atoms with Crippen molar-refractivity contribution in [2.45, 2.75) is 38.6 Å². The standard InChI is InChI=1S/C26H30FNO2S/c1-19-5-10-23(26(27)15-19)16-20(2)31-28(17-21-6-11-24(29-3)12-7-21)18-22-8-13-25(30-4)14-9-22/h5-15,20H,16-18H2,1-4H3. The average molecular weight is 440 g/mol. The molecule has 164 valence electrons. The van der Waals surface area contributed by atoms with Gasteiger partial charge in [-0.15, -0.1) is 0 Å². The van der Waals surface area contributed by atoms with Gasteiger partial charge in [-0.3, -0.25) is 0 Å². The molecule has 5 heteroatoms. The summed E-state index contributed by atoms with van der Waals surface area (Å²) in [6, 6.07) is 21.8. The van der Waals surface area contributed by atoms with E-state index in [4.69, 9.17) is 9.47 Å². The average Bonchev–Trinajstić information content (AvgIpc) is 2.76. The molecular weight excluding hydrogens is 409 g/mol. The fourth-order valence-electron chi connectivity index (χ4n) is 3.42. The minimum atomic E-state index is -0.121. The van der Waals surface area contributed by atoms with Gasteiger partial charge < -0.3 is 9.47 Å². The summed E-state index contributed by atoms with van der Waals surface area (Å²) in [6.07, 6.45) is 0.679. The van der Waals surface area contributed by atoms with E-state index in [1.165, 1.54) is 11.1 Å². The van der Waals surface area contributed by atoms with Crippen molar-refractivity contribution >= 4 is 11.9 Å². The van der Waals surface area contributed by atoms with E-state index in [9.17, 15) is 4.39 Å². The number of nitrogens with zero attached hydrogens (tertiary/aromatic N) is 1. The Balaban J connectivity index is 1.72. The normalized spacial score (nSPS) is 12.1. The number of aryl methyl sites for hydroxylation is 1. The molecule has 0 fully saturated rings. The zero-order valence-corrected chi connectivity index (χ0v) is 19.4. The van der Waals surface area contributed by atoms with Gasteiger partial charge in [0.05, 0.1) is 14.2 Å². The molecule has 0 heterocycles. The van der Waals surface area contributed by atoms with Crippen molar-refractivity contribution in [1.82, 2.24) is 4.31 Å². The lowest BCUT2D eigenvalue weighted by Crippen LogP contribution is -2.20. The molecule has 0 aliphatic rings. The Hall–Kier alpha value is -2.50. The van der Waals surface area contributed by atoms with Crippen LogP contribution in [0.4, 0.5) is 4.39 Å². The number of hydrogen-bond acceptors (Lipinski definition) is 4. The maximum absolute atomic E-state index is 14.3. The van der Waals surface area contributed by atoms with Gasteiger partial charge in [-0.05, 0) is 65.9 Å². The van der Waals surface area contributed by atoms with Crippen molar-refractivity contribution in [3.05, 3.63) is 94.8 Å². The summed E-state index contributed by atoms with van der Waals surface area (Å²) < 4.78 is 27.2. The summed E-state index contributed by atoms with van der Waals surface area (Å²) in [5.74, 6) is 1.58. The fourth-order valence-corrected chi connectivity index (χ4v) is 4.63. The quantitative estimate of drug-likeness (QED) is 0.339. The highest BCUT2D eigenvalue weighted by Crippen LogP contribution is 2.27. The predicted octanol–water partition coefficient (Wildman–Crippen LogP) is 6.43. The van der Waals surface area contributed by atoms with Crippen LogP contribution in [0.5, 0.6) is 11.5 Å². The van der Waals surface area contributed by atoms with Gasteiger partial charge in [-0.25, -0.2) is 8.70 Å². The lowest BCUT2D eigenvalue weighted by atomic mass is 10.1. The van der Waals surface area contributed by atoms with Gasteiger partial charge >= 0.3 is 0 Å². The van der Waals surface area contributed by atoms with Crippen LogP contribution in [-0.4, -0.2) is 23.8 Å². The molecule has 3 nitrogen and oxygen atoms in total. The van der Waals surface area contributed by atoms with Crippen molar-refractivity contribution in [1.29, 1.82) is 0 Å². The van der Waals surface area contributed by atoms with E-state index in [1.54, 1.807) is 32.2 Å². The number of hydrogen-bond donors (Lipinski definition) is 0. The number of halogens is 1. The SMILES string of the molecule is COc1ccc(CN(Cc2ccc(OC)cc2)SC(C)Cc2ccc(C)cc2F)cc1. The van der Waals surface area contributed by atoms with E-state index in [0.29, 0.717) is 6.42 Å². The molecule has 3 aromatic rings. The van der Waals surface area contributed by atoms with Crippen LogP contribution in [0.2, 0.25) is 0 Å². The molecule has 0 aromatic heterocycles. The summed E-state index contributed by atoms with van der Waals surface area (Å²) >= 11 is 1.77. The number of rotatable bonds is 10. The van der Waals surface area contributed by atoms with E-state index in [0.717, 1.165) is 35.7 Å². The monoisotopic (exact) mass is 439 g/mol. The molecule has 0 aliphatic heterocycles. The third-order valence-electron chi connectivity index (χ3n) is 5.08. The summed E-state index contributed by atoms with van der Waals surface area (Å²) in [5, 5.41) is 0.230. The molecule has 0 bridgehead atoms. The molecule has 3 aromatic carbocycles. The molecule has 1 atom stereocenters. The molecule has 0 radical (unpaired) electrons. The van der Waals surface area contributed by atoms with Gasteiger partial charge in [0, 0.05) is 18.3 Å². The first-order chi connectivity index (χ1) is 15.0. The summed E-state index contributed by atoms with van der Waals surface area (Å²) in [4.78, 5) is 0. The summed E-state index contributed by atoms with van der Waals surface area (Å²) in [6.45, 7) is 5.62. The predicted molar refractivity (Wildman–Crippen MR) is 127 cm³/mol. The van der Waals surface area contributed by atoms with Crippen molar-refractivity contribution in [3.63, 3.8) is 0 Å². The van der Waals surface area contributed by atoms with E-state index < -0.39 is 0 Å². The Morgan fingerprint density at radius 1 is 0.839 bits per heavy atom. The van der Waals surface area contributed by atoms with Gasteiger partial charge in [0.15, 0.2) is 0 Å². The molecular formula is C26H30FNO2S. The van der Waals surface area contributed by atoms with Gasteiger partial charge in [-0.1, -0.05) is 55.3 Å². The van der Waals surface area contributed by atoms with Crippen LogP contribution in [-0.2, 0) is 19.5 Å². The highest BCUT2D eigenvalue weighted by Gasteiger charge is 2.15. The third kappa shape index (κ3) is 7.01. The second kappa shape index (κ2) is 11.2. The molecule has 0 aliphatic carbocycles. The number of methoxy groups -OCH3 is 2. The Labute approximate surface area is 189 Å². The molecule has 1 unspecified atom stereocenters. The minimum absolute atomic E-state index is 0.121. The molecule has 0 saturated carbocycles. The second-order valence-electron chi connectivity index (χ2n) is 7.71. The molecule has 0 N–H and O–H groups in total. The van der Waals surface area contributed by atoms with E-state index in [2.05, 4.69) is 35.5 Å². The van der Waals surface area contributed by atoms with E-state index in [-0.39, 0.29) is 11.1 Å². The first-order valence-electron chi connectivity index (χ1n) is 10.4. The Morgan fingerprint density at radius 2 is 1.35 bits per heavy atom. The van der Waals surface area contributed by atoms with Crippen LogP contribution in [0, 0.1) is 12.7 Å². The van der Waals surface area contributed by atoms with Gasteiger partial charge in [0.2, 0.25) is 0 Å². The van der Waals surface area contributed by atoms with E-state index >= 15 is 0 Å². The second-order valence-corrected chi connectivity index (χ2v) is 9.24. The highest BCUT2D eigenvalue weighted by molar-refractivity contribution is 7.97. The van der Waals surface area contributed by atoms with Crippen LogP contribution in [0.1, 0.15) is 29.2 Å². The van der Waals surface area contributed by atoms with Crippen LogP contribution in [0.3, 0.4) is 0 Å². The maximum Gasteiger partial charge on any atom is 0.126 e. The third-order valence-corrected chi connectivity index (χ3v) is 6.16. The zero-order chi connectivity index (χ0) is 22.2. The van der Waals surface area contributed by atoms with Gasteiger partial charge in [-0.2, -0.15) is 0 Å². The lowest BCUT2D eigenvalue weighted by molar-refractivity contribution is 0.413. The first kappa shape index (κ1) is 23.2. The van der Waals surface area contributed by atoms with Gasteiger partial charge in [0.25, 0.3) is 0 Å². The molecule has 3 rings (SSSR count). The molecule has 0 spiro atoms. The first-order valence-corrected chi connectivity index (χ1v) is 11.2. The summed E-state index contributed by atoms with van der Waals surface area (Å²) in [7, 11) is 3.35. The van der Waals surface area contributed by atoms with Crippen molar-refractivity contribution in [2.75, 3.05) is 14.2 Å². The number of ether oxygens (including phenoxy) is 2. The lowest BCUT2D eigenvalue weighted by Gasteiger charge is -2.25. The van der Waals surface area contributed by atoms with Crippen molar-refractivity contribution in [2.24, 2.45) is 0 Å². The molecule has 31 heavy (non-hydrogen) atoms. The van der Waals surface area contributed by atoms with E-state index in [1.807, 2.05) is 43.3 Å². The zero-order valence-electron chi connectivity index (χ0n) is 18.6. The maximum atomic E-state index is 14.3. The minimum Gasteiger partial charge on any atom is -0.497 e. The number of benzene rings is 3. The topological polar surface area (TPSA) is 21.7 Å². The van der Waals surface area contributed by atoms with Crippen molar-refractivity contribution < 1.29 is 13.9 Å². The van der Waals surface area contributed by atoms with Crippen LogP contribution >= 0.6 is 11.9 Å². The molecule has 0 amide bonds. The van der Waals surface area contributed by atoms with Crippen molar-refractivity contribution in [3.8, 4) is 11.5 Å². The molecule has 0 saturated heterocycles. The largest absolute Gasteiger partial charge is 0.497 e. The summed E-state index contributed by atoms with van der Waals surface area (Å²) in [5.41, 5.74) is 4.12. The van der Waals surface area contributed by atoms with Crippen LogP contribution in [0.25, 0.3) is 0 Å². The smallest absolute Gasteiger partial charge is 0.126 e. The fraction of sp³-hybridized carbons (Fsp3) is 0.308. The Morgan fingerprint density at radius 3 is 1.81 bits per heavy atom. The Bertz CT molecular complexity index is 911.